The Kier molecular flexibility index (Phi) is 5.36. The zero-order valence-corrected chi connectivity index (χ0v) is 15.9. The molecule has 0 fully saturated rings. The van der Waals surface area contributed by atoms with Gasteiger partial charge in [0.25, 0.3) is 0 Å². The molecule has 3 aromatic rings. The number of anilines is 1. The first-order valence-electron chi connectivity index (χ1n) is 7.59. The van der Waals surface area contributed by atoms with Gasteiger partial charge in [-0.1, -0.05) is 0 Å². The number of halogens is 6. The monoisotopic (exact) mass is 494 g/mol. The minimum atomic E-state index is -3.18. The van der Waals surface area contributed by atoms with E-state index in [1.807, 2.05) is 0 Å². The molecule has 142 valence electrons. The number of rotatable bonds is 5. The maximum absolute atomic E-state index is 14.5. The summed E-state index contributed by atoms with van der Waals surface area (Å²) in [7, 11) is 1.43. The van der Waals surface area contributed by atoms with Crippen LogP contribution in [0, 0.1) is 17.5 Å². The molecule has 0 unspecified atom stereocenters. The topological polar surface area (TPSA) is 42.7 Å². The molecule has 0 aliphatic rings. The van der Waals surface area contributed by atoms with Gasteiger partial charge in [-0.2, -0.15) is 13.9 Å². The smallest absolute Gasteiger partial charge is 0.339 e. The van der Waals surface area contributed by atoms with E-state index in [9.17, 15) is 22.0 Å². The molecule has 0 saturated carbocycles. The standard InChI is InChI=1S/C17H12F5IN4/c1-27-15(5-16(26-27)17(21,22)23)10-3-2-9(4-12(10)18)25-6-11-13(19)7-24-8-14(11)20/h2-5,7-8,25H,6H2,1H3. The van der Waals surface area contributed by atoms with Gasteiger partial charge in [0.2, 0.25) is 0 Å². The van der Waals surface area contributed by atoms with Gasteiger partial charge in [0, 0.05) is 53.0 Å². The van der Waals surface area contributed by atoms with Crippen molar-refractivity contribution in [2.24, 2.45) is 7.05 Å². The number of pyridine rings is 1. The molecule has 1 N–H and O–H groups in total. The van der Waals surface area contributed by atoms with E-state index in [-0.39, 0.29) is 29.1 Å². The van der Waals surface area contributed by atoms with E-state index >= 15 is 0 Å². The summed E-state index contributed by atoms with van der Waals surface area (Å²) in [6.07, 6.45) is 1.76. The minimum absolute atomic E-state index is 0.0729. The van der Waals surface area contributed by atoms with Gasteiger partial charge >= 0.3 is 3.93 Å². The molecule has 0 bridgehead atoms. The molecule has 0 aliphatic carbocycles. The summed E-state index contributed by atoms with van der Waals surface area (Å²) in [5.74, 6) is -2.33. The molecule has 2 aromatic heterocycles. The Morgan fingerprint density at radius 3 is 2.30 bits per heavy atom. The highest BCUT2D eigenvalue weighted by Crippen LogP contribution is 2.36. The molecular weight excluding hydrogens is 482 g/mol. The lowest BCUT2D eigenvalue weighted by Crippen LogP contribution is -2.06. The molecule has 3 rings (SSSR count). The third-order valence-electron chi connectivity index (χ3n) is 3.84. The Bertz CT molecular complexity index is 964. The highest BCUT2D eigenvalue weighted by molar-refractivity contribution is 14.1. The van der Waals surface area contributed by atoms with Gasteiger partial charge in [0.1, 0.15) is 23.1 Å². The third kappa shape index (κ3) is 4.20. The molecule has 1 aromatic carbocycles. The van der Waals surface area contributed by atoms with Crippen molar-refractivity contribution in [2.45, 2.75) is 10.5 Å². The van der Waals surface area contributed by atoms with Crippen molar-refractivity contribution in [3.8, 4) is 11.3 Å². The first kappa shape index (κ1) is 19.5. The first-order valence-corrected chi connectivity index (χ1v) is 8.67. The average molecular weight is 494 g/mol. The van der Waals surface area contributed by atoms with Crippen LogP contribution < -0.4 is 5.32 Å². The number of hydrogen-bond donors (Lipinski definition) is 1. The second kappa shape index (κ2) is 7.41. The van der Waals surface area contributed by atoms with Gasteiger partial charge in [-0.3, -0.25) is 9.67 Å². The van der Waals surface area contributed by atoms with Crippen molar-refractivity contribution in [3.63, 3.8) is 0 Å². The van der Waals surface area contributed by atoms with Crippen molar-refractivity contribution < 1.29 is 22.0 Å². The van der Waals surface area contributed by atoms with E-state index in [0.717, 1.165) is 51.8 Å². The van der Waals surface area contributed by atoms with Gasteiger partial charge in [-0.25, -0.2) is 13.2 Å². The fraction of sp³-hybridized carbons (Fsp3) is 0.176. The number of nitrogens with zero attached hydrogens (tertiary/aromatic N) is 3. The summed E-state index contributed by atoms with van der Waals surface area (Å²) >= 11 is 0.949. The summed E-state index contributed by atoms with van der Waals surface area (Å²) in [6, 6.07) is 5.08. The molecule has 0 amide bonds. The third-order valence-corrected chi connectivity index (χ3v) is 4.39. The molecule has 0 spiro atoms. The van der Waals surface area contributed by atoms with E-state index in [0.29, 0.717) is 0 Å². The normalized spacial score (nSPS) is 11.7. The summed E-state index contributed by atoms with van der Waals surface area (Å²) in [4.78, 5) is 3.39. The molecule has 0 saturated heterocycles. The van der Waals surface area contributed by atoms with Crippen LogP contribution in [0.25, 0.3) is 11.3 Å². The summed E-state index contributed by atoms with van der Waals surface area (Å²) in [5, 5.41) is 6.42. The average Bonchev–Trinajstić information content (AvgIpc) is 2.96. The van der Waals surface area contributed by atoms with Gasteiger partial charge in [-0.15, -0.1) is 0 Å². The Hall–Kier alpha value is -2.24. The van der Waals surface area contributed by atoms with Crippen LogP contribution in [-0.2, 0) is 17.5 Å². The zero-order chi connectivity index (χ0) is 19.8. The lowest BCUT2D eigenvalue weighted by atomic mass is 10.1. The van der Waals surface area contributed by atoms with Gasteiger partial charge in [0.05, 0.1) is 18.1 Å². The lowest BCUT2D eigenvalue weighted by molar-refractivity contribution is 0.121. The van der Waals surface area contributed by atoms with E-state index < -0.39 is 27.1 Å². The predicted molar refractivity (Wildman–Crippen MR) is 98.0 cm³/mol. The Morgan fingerprint density at radius 1 is 1.07 bits per heavy atom. The van der Waals surface area contributed by atoms with Gasteiger partial charge in [-0.05, 0) is 24.3 Å². The highest BCUT2D eigenvalue weighted by atomic mass is 127. The largest absolute Gasteiger partial charge is 0.381 e. The molecule has 0 aliphatic heterocycles. The molecule has 10 heteroatoms. The van der Waals surface area contributed by atoms with Crippen LogP contribution in [0.1, 0.15) is 11.3 Å². The van der Waals surface area contributed by atoms with Crippen LogP contribution in [0.3, 0.4) is 0 Å². The van der Waals surface area contributed by atoms with Crippen LogP contribution in [0.4, 0.5) is 27.6 Å². The van der Waals surface area contributed by atoms with Gasteiger partial charge in [0.15, 0.2) is 0 Å². The minimum Gasteiger partial charge on any atom is -0.381 e. The zero-order valence-electron chi connectivity index (χ0n) is 13.8. The summed E-state index contributed by atoms with van der Waals surface area (Å²) in [5.41, 5.74) is -0.185. The Balaban J connectivity index is 1.83. The fourth-order valence-electron chi connectivity index (χ4n) is 2.49. The summed E-state index contributed by atoms with van der Waals surface area (Å²) in [6.45, 7) is -0.212. The van der Waals surface area contributed by atoms with Gasteiger partial charge < -0.3 is 5.32 Å². The maximum Gasteiger partial charge on any atom is 0.339 e. The number of aromatic nitrogens is 3. The van der Waals surface area contributed by atoms with E-state index in [2.05, 4.69) is 15.4 Å². The van der Waals surface area contributed by atoms with Crippen LogP contribution in [0.2, 0.25) is 0 Å². The Morgan fingerprint density at radius 2 is 1.74 bits per heavy atom. The predicted octanol–water partition coefficient (Wildman–Crippen LogP) is 5.00. The molecule has 0 atom stereocenters. The summed E-state index contributed by atoms with van der Waals surface area (Å²) < 4.78 is 66.4. The second-order valence-electron chi connectivity index (χ2n) is 5.67. The molecular formula is C17H12F5IN4. The van der Waals surface area contributed by atoms with Crippen LogP contribution in [0.5, 0.6) is 0 Å². The maximum atomic E-state index is 14.5. The van der Waals surface area contributed by atoms with Crippen molar-refractivity contribution in [1.82, 2.24) is 14.8 Å². The molecule has 4 nitrogen and oxygen atoms in total. The number of benzene rings is 1. The lowest BCUT2D eigenvalue weighted by Gasteiger charge is -2.10. The van der Waals surface area contributed by atoms with Crippen LogP contribution >= 0.6 is 22.6 Å². The van der Waals surface area contributed by atoms with E-state index in [1.54, 1.807) is 0 Å². The van der Waals surface area contributed by atoms with Crippen molar-refractivity contribution >= 4 is 28.3 Å². The fourth-order valence-corrected chi connectivity index (χ4v) is 2.75. The van der Waals surface area contributed by atoms with Crippen molar-refractivity contribution in [2.75, 3.05) is 5.32 Å². The van der Waals surface area contributed by atoms with Crippen molar-refractivity contribution in [1.29, 1.82) is 0 Å². The number of alkyl halides is 3. The number of aryl methyl sites for hydroxylation is 1. The molecule has 0 radical (unpaired) electrons. The number of nitrogens with one attached hydrogen (secondary N) is 1. The number of hydrogen-bond acceptors (Lipinski definition) is 3. The van der Waals surface area contributed by atoms with E-state index in [4.69, 9.17) is 0 Å². The first-order chi connectivity index (χ1) is 12.7. The quantitative estimate of drug-likeness (QED) is 0.309. The second-order valence-corrected chi connectivity index (χ2v) is 7.02. The SMILES string of the molecule is Cn1nc(C(F)(F)I)cc1-c1ccc(NCc2c(F)cncc2F)cc1F. The molecule has 27 heavy (non-hydrogen) atoms. The van der Waals surface area contributed by atoms with Crippen LogP contribution in [0.15, 0.2) is 36.7 Å². The van der Waals surface area contributed by atoms with Crippen molar-refractivity contribution in [3.05, 3.63) is 65.4 Å². The van der Waals surface area contributed by atoms with E-state index in [1.165, 1.54) is 19.2 Å². The molecule has 2 heterocycles. The Labute approximate surface area is 164 Å². The van der Waals surface area contributed by atoms with Crippen LogP contribution in [-0.4, -0.2) is 14.8 Å². The highest BCUT2D eigenvalue weighted by Gasteiger charge is 2.31.